The second-order valence-corrected chi connectivity index (χ2v) is 4.01. The molecule has 0 N–H and O–H groups in total. The summed E-state index contributed by atoms with van der Waals surface area (Å²) in [5.74, 6) is 0. The van der Waals surface area contributed by atoms with E-state index in [1.54, 1.807) is 32.0 Å². The molecule has 5 heteroatoms. The van der Waals surface area contributed by atoms with Crippen LogP contribution >= 0.6 is 11.6 Å². The minimum atomic E-state index is -0.362. The van der Waals surface area contributed by atoms with Crippen molar-refractivity contribution in [2.75, 3.05) is 0 Å². The van der Waals surface area contributed by atoms with E-state index in [4.69, 9.17) is 11.6 Å². The normalized spacial score (nSPS) is 10.7. The Hall–Kier alpha value is -1.68. The quantitative estimate of drug-likeness (QED) is 0.433. The van der Waals surface area contributed by atoms with Gasteiger partial charge in [0.05, 0.1) is 10.4 Å². The van der Waals surface area contributed by atoms with Gasteiger partial charge in [-0.1, -0.05) is 11.6 Å². The number of aryl methyl sites for hydroxylation is 2. The van der Waals surface area contributed by atoms with Crippen LogP contribution in [-0.2, 0) is 0 Å². The topological polar surface area (TPSA) is 56.0 Å². The van der Waals surface area contributed by atoms with Crippen molar-refractivity contribution < 1.29 is 4.92 Å². The van der Waals surface area contributed by atoms with Crippen LogP contribution in [0.3, 0.4) is 0 Å². The molecule has 0 aliphatic carbocycles. The van der Waals surface area contributed by atoms with Crippen LogP contribution in [0.1, 0.15) is 11.1 Å². The van der Waals surface area contributed by atoms with Crippen LogP contribution in [0.4, 0.5) is 5.69 Å². The predicted octanol–water partition coefficient (Wildman–Crippen LogP) is 3.41. The fourth-order valence-corrected chi connectivity index (χ4v) is 2.01. The van der Waals surface area contributed by atoms with E-state index in [9.17, 15) is 10.1 Å². The molecular weight excluding hydrogens is 228 g/mol. The SMILES string of the molecule is Cc1cc2nc(Cl)ccc2c(C)c1[N+](=O)[O-]. The summed E-state index contributed by atoms with van der Waals surface area (Å²) in [5, 5.41) is 12.1. The number of hydrogen-bond acceptors (Lipinski definition) is 3. The molecule has 0 spiro atoms. The highest BCUT2D eigenvalue weighted by atomic mass is 35.5. The lowest BCUT2D eigenvalue weighted by molar-refractivity contribution is -0.385. The maximum absolute atomic E-state index is 10.9. The molecule has 1 aromatic heterocycles. The summed E-state index contributed by atoms with van der Waals surface area (Å²) in [6, 6.07) is 5.08. The fraction of sp³-hybridized carbons (Fsp3) is 0.182. The summed E-state index contributed by atoms with van der Waals surface area (Å²) < 4.78 is 0. The molecule has 0 saturated heterocycles. The Labute approximate surface area is 97.0 Å². The zero-order chi connectivity index (χ0) is 11.9. The zero-order valence-electron chi connectivity index (χ0n) is 8.82. The van der Waals surface area contributed by atoms with Crippen molar-refractivity contribution in [3.63, 3.8) is 0 Å². The third-order valence-corrected chi connectivity index (χ3v) is 2.77. The number of rotatable bonds is 1. The molecule has 0 atom stereocenters. The lowest BCUT2D eigenvalue weighted by atomic mass is 10.0. The summed E-state index contributed by atoms with van der Waals surface area (Å²) in [5.41, 5.74) is 2.07. The molecule has 0 bridgehead atoms. The largest absolute Gasteiger partial charge is 0.275 e. The van der Waals surface area contributed by atoms with E-state index in [0.717, 1.165) is 5.39 Å². The number of nitrogens with zero attached hydrogens (tertiary/aromatic N) is 2. The smallest absolute Gasteiger partial charge is 0.258 e. The predicted molar refractivity (Wildman–Crippen MR) is 62.9 cm³/mol. The van der Waals surface area contributed by atoms with E-state index in [-0.39, 0.29) is 10.6 Å². The van der Waals surface area contributed by atoms with Gasteiger partial charge < -0.3 is 0 Å². The first-order chi connectivity index (χ1) is 7.50. The molecular formula is C11H9ClN2O2. The van der Waals surface area contributed by atoms with Crippen LogP contribution < -0.4 is 0 Å². The Kier molecular flexibility index (Phi) is 2.52. The molecule has 4 nitrogen and oxygen atoms in total. The highest BCUT2D eigenvalue weighted by Gasteiger charge is 2.17. The van der Waals surface area contributed by atoms with Crippen molar-refractivity contribution in [2.45, 2.75) is 13.8 Å². The van der Waals surface area contributed by atoms with E-state index in [1.807, 2.05) is 0 Å². The van der Waals surface area contributed by atoms with Gasteiger partial charge >= 0.3 is 0 Å². The number of halogens is 1. The number of fused-ring (bicyclic) bond motifs is 1. The first-order valence-corrected chi connectivity index (χ1v) is 5.09. The van der Waals surface area contributed by atoms with E-state index in [0.29, 0.717) is 21.8 Å². The van der Waals surface area contributed by atoms with Gasteiger partial charge in [0, 0.05) is 16.5 Å². The minimum Gasteiger partial charge on any atom is -0.258 e. The molecule has 1 aromatic carbocycles. The summed E-state index contributed by atoms with van der Waals surface area (Å²) in [4.78, 5) is 14.7. The Bertz CT molecular complexity index is 596. The highest BCUT2D eigenvalue weighted by molar-refractivity contribution is 6.29. The molecule has 0 radical (unpaired) electrons. The van der Waals surface area contributed by atoms with Gasteiger partial charge in [-0.15, -0.1) is 0 Å². The third-order valence-electron chi connectivity index (χ3n) is 2.56. The molecule has 1 heterocycles. The highest BCUT2D eigenvalue weighted by Crippen LogP contribution is 2.30. The molecule has 0 aliphatic rings. The average molecular weight is 237 g/mol. The first kappa shape index (κ1) is 10.8. The Morgan fingerprint density at radius 3 is 2.69 bits per heavy atom. The summed E-state index contributed by atoms with van der Waals surface area (Å²) in [7, 11) is 0. The molecule has 2 rings (SSSR count). The van der Waals surface area contributed by atoms with Gasteiger partial charge in [-0.3, -0.25) is 10.1 Å². The van der Waals surface area contributed by atoms with Crippen molar-refractivity contribution in [3.05, 3.63) is 44.6 Å². The van der Waals surface area contributed by atoms with Crippen LogP contribution in [0, 0.1) is 24.0 Å². The van der Waals surface area contributed by atoms with Crippen molar-refractivity contribution >= 4 is 28.2 Å². The monoisotopic (exact) mass is 236 g/mol. The van der Waals surface area contributed by atoms with Gasteiger partial charge in [0.1, 0.15) is 5.15 Å². The van der Waals surface area contributed by atoms with Gasteiger partial charge in [-0.05, 0) is 32.0 Å². The van der Waals surface area contributed by atoms with Gasteiger partial charge in [0.2, 0.25) is 0 Å². The Morgan fingerprint density at radius 1 is 1.38 bits per heavy atom. The number of aromatic nitrogens is 1. The van der Waals surface area contributed by atoms with Crippen LogP contribution in [0.25, 0.3) is 10.9 Å². The third kappa shape index (κ3) is 1.61. The summed E-state index contributed by atoms with van der Waals surface area (Å²) in [6.45, 7) is 3.43. The molecule has 2 aromatic rings. The lowest BCUT2D eigenvalue weighted by Gasteiger charge is -2.05. The van der Waals surface area contributed by atoms with E-state index >= 15 is 0 Å². The minimum absolute atomic E-state index is 0.150. The molecule has 0 amide bonds. The number of pyridine rings is 1. The average Bonchev–Trinajstić information content (AvgIpc) is 2.15. The van der Waals surface area contributed by atoms with Crippen molar-refractivity contribution in [1.29, 1.82) is 0 Å². The molecule has 16 heavy (non-hydrogen) atoms. The fourth-order valence-electron chi connectivity index (χ4n) is 1.85. The van der Waals surface area contributed by atoms with Gasteiger partial charge in [0.25, 0.3) is 5.69 Å². The van der Waals surface area contributed by atoms with Gasteiger partial charge in [0.15, 0.2) is 0 Å². The van der Waals surface area contributed by atoms with Gasteiger partial charge in [-0.25, -0.2) is 4.98 Å². The molecule has 0 saturated carbocycles. The van der Waals surface area contributed by atoms with Crippen molar-refractivity contribution in [3.8, 4) is 0 Å². The molecule has 0 fully saturated rings. The van der Waals surface area contributed by atoms with Crippen LogP contribution in [-0.4, -0.2) is 9.91 Å². The molecule has 82 valence electrons. The second-order valence-electron chi connectivity index (χ2n) is 3.62. The Balaban J connectivity index is 2.89. The first-order valence-electron chi connectivity index (χ1n) is 4.71. The maximum Gasteiger partial charge on any atom is 0.275 e. The van der Waals surface area contributed by atoms with Crippen molar-refractivity contribution in [2.24, 2.45) is 0 Å². The number of benzene rings is 1. The number of nitro benzene ring substituents is 1. The van der Waals surface area contributed by atoms with Crippen LogP contribution in [0.5, 0.6) is 0 Å². The van der Waals surface area contributed by atoms with Crippen LogP contribution in [0.2, 0.25) is 5.15 Å². The Morgan fingerprint density at radius 2 is 2.06 bits per heavy atom. The van der Waals surface area contributed by atoms with Gasteiger partial charge in [-0.2, -0.15) is 0 Å². The number of nitro groups is 1. The lowest BCUT2D eigenvalue weighted by Crippen LogP contribution is -1.97. The second kappa shape index (κ2) is 3.72. The molecule has 0 aliphatic heterocycles. The number of hydrogen-bond donors (Lipinski definition) is 0. The maximum atomic E-state index is 10.9. The molecule has 0 unspecified atom stereocenters. The van der Waals surface area contributed by atoms with E-state index < -0.39 is 0 Å². The zero-order valence-corrected chi connectivity index (χ0v) is 9.58. The standard InChI is InChI=1S/C11H9ClN2O2/c1-6-5-9-8(3-4-10(12)13-9)7(2)11(6)14(15)16/h3-5H,1-2H3. The summed E-state index contributed by atoms with van der Waals surface area (Å²) >= 11 is 5.78. The van der Waals surface area contributed by atoms with E-state index in [2.05, 4.69) is 4.98 Å². The van der Waals surface area contributed by atoms with Crippen LogP contribution in [0.15, 0.2) is 18.2 Å². The summed E-state index contributed by atoms with van der Waals surface area (Å²) in [6.07, 6.45) is 0. The van der Waals surface area contributed by atoms with E-state index in [1.165, 1.54) is 0 Å². The van der Waals surface area contributed by atoms with Crippen molar-refractivity contribution in [1.82, 2.24) is 4.98 Å².